The standard InChI is InChI=1S/C32H32N2O2/c1-23-15-16-24(2)29(20-23)36-19-9-17-32(3)22-27(21-25-10-5-4-6-11-25)34(31(32)35)28-14-7-12-26-13-8-18-33-30(26)28/h4-8,10-16,18,20-21H,9,17,19,22H2,1-3H3/b27-21+. The van der Waals surface area contributed by atoms with Gasteiger partial charge in [-0.1, -0.05) is 67.6 Å². The fourth-order valence-corrected chi connectivity index (χ4v) is 5.05. The number of carbonyl (C=O) groups is 1. The van der Waals surface area contributed by atoms with Crippen molar-refractivity contribution >= 4 is 28.6 Å². The van der Waals surface area contributed by atoms with E-state index in [0.717, 1.165) is 52.0 Å². The number of allylic oxidation sites excluding steroid dienone is 1. The Morgan fingerprint density at radius 2 is 1.81 bits per heavy atom. The van der Waals surface area contributed by atoms with Crippen LogP contribution >= 0.6 is 0 Å². The van der Waals surface area contributed by atoms with Gasteiger partial charge in [0.15, 0.2) is 0 Å². The van der Waals surface area contributed by atoms with Crippen molar-refractivity contribution in [2.24, 2.45) is 5.41 Å². The van der Waals surface area contributed by atoms with E-state index in [1.165, 1.54) is 5.56 Å². The topological polar surface area (TPSA) is 42.4 Å². The Balaban J connectivity index is 1.42. The monoisotopic (exact) mass is 476 g/mol. The Kier molecular flexibility index (Phi) is 6.60. The molecule has 1 fully saturated rings. The van der Waals surface area contributed by atoms with Crippen LogP contribution in [0.15, 0.2) is 90.8 Å². The molecule has 2 heterocycles. The summed E-state index contributed by atoms with van der Waals surface area (Å²) in [6, 6.07) is 26.5. The second-order valence-electron chi connectivity index (χ2n) is 10.00. The number of rotatable bonds is 7. The molecule has 1 aliphatic heterocycles. The number of para-hydroxylation sites is 1. The molecule has 0 N–H and O–H groups in total. The summed E-state index contributed by atoms with van der Waals surface area (Å²) in [5, 5.41) is 1.03. The molecule has 182 valence electrons. The van der Waals surface area contributed by atoms with Gasteiger partial charge in [0, 0.05) is 23.7 Å². The number of aromatic nitrogens is 1. The van der Waals surface area contributed by atoms with Gasteiger partial charge in [-0.15, -0.1) is 0 Å². The largest absolute Gasteiger partial charge is 0.493 e. The lowest BCUT2D eigenvalue weighted by Gasteiger charge is -2.24. The van der Waals surface area contributed by atoms with Gasteiger partial charge in [-0.3, -0.25) is 14.7 Å². The molecule has 4 heteroatoms. The van der Waals surface area contributed by atoms with Crippen molar-refractivity contribution in [3.05, 3.63) is 107 Å². The zero-order valence-corrected chi connectivity index (χ0v) is 21.2. The second kappa shape index (κ2) is 9.98. The molecule has 0 bridgehead atoms. The van der Waals surface area contributed by atoms with Crippen LogP contribution in [0.3, 0.4) is 0 Å². The smallest absolute Gasteiger partial charge is 0.237 e. The van der Waals surface area contributed by atoms with Crippen LogP contribution in [0.4, 0.5) is 5.69 Å². The molecule has 1 aliphatic rings. The highest BCUT2D eigenvalue weighted by molar-refractivity contribution is 6.09. The lowest BCUT2D eigenvalue weighted by molar-refractivity contribution is -0.125. The number of aryl methyl sites for hydroxylation is 2. The quantitative estimate of drug-likeness (QED) is 0.259. The zero-order chi connectivity index (χ0) is 25.1. The average molecular weight is 477 g/mol. The molecular weight excluding hydrogens is 444 g/mol. The summed E-state index contributed by atoms with van der Waals surface area (Å²) in [6.45, 7) is 6.81. The van der Waals surface area contributed by atoms with Crippen LogP contribution in [-0.4, -0.2) is 17.5 Å². The number of amides is 1. The first-order valence-electron chi connectivity index (χ1n) is 12.6. The minimum atomic E-state index is -0.511. The molecule has 1 amide bonds. The number of pyridine rings is 1. The summed E-state index contributed by atoms with van der Waals surface area (Å²) in [6.07, 6.45) is 6.15. The summed E-state index contributed by atoms with van der Waals surface area (Å²) in [4.78, 5) is 20.6. The van der Waals surface area contributed by atoms with Crippen molar-refractivity contribution in [1.82, 2.24) is 4.98 Å². The van der Waals surface area contributed by atoms with E-state index in [1.54, 1.807) is 6.20 Å². The maximum Gasteiger partial charge on any atom is 0.237 e. The van der Waals surface area contributed by atoms with E-state index in [-0.39, 0.29) is 5.91 Å². The Bertz CT molecular complexity index is 1420. The molecule has 1 unspecified atom stereocenters. The fourth-order valence-electron chi connectivity index (χ4n) is 5.05. The summed E-state index contributed by atoms with van der Waals surface area (Å²) < 4.78 is 6.10. The summed E-state index contributed by atoms with van der Waals surface area (Å²) >= 11 is 0. The van der Waals surface area contributed by atoms with Crippen LogP contribution in [0.25, 0.3) is 17.0 Å². The lowest BCUT2D eigenvalue weighted by Crippen LogP contribution is -2.32. The first-order valence-corrected chi connectivity index (χ1v) is 12.6. The first kappa shape index (κ1) is 23.8. The highest BCUT2D eigenvalue weighted by atomic mass is 16.5. The molecule has 1 atom stereocenters. The van der Waals surface area contributed by atoms with Crippen LogP contribution in [0.5, 0.6) is 5.75 Å². The van der Waals surface area contributed by atoms with Gasteiger partial charge in [0.1, 0.15) is 5.75 Å². The molecule has 0 aliphatic carbocycles. The SMILES string of the molecule is Cc1ccc(C)c(OCCCC2(C)C/C(=C\c3ccccc3)N(c3cccc4cccnc34)C2=O)c1. The molecule has 36 heavy (non-hydrogen) atoms. The number of ether oxygens (including phenoxy) is 1. The van der Waals surface area contributed by atoms with E-state index in [1.807, 2.05) is 53.4 Å². The fraction of sp³-hybridized carbons (Fsp3) is 0.250. The molecule has 1 saturated heterocycles. The van der Waals surface area contributed by atoms with Crippen molar-refractivity contribution in [2.45, 2.75) is 40.0 Å². The molecule has 3 aromatic carbocycles. The van der Waals surface area contributed by atoms with Crippen molar-refractivity contribution in [1.29, 1.82) is 0 Å². The van der Waals surface area contributed by atoms with Crippen molar-refractivity contribution in [3.63, 3.8) is 0 Å². The molecule has 0 spiro atoms. The lowest BCUT2D eigenvalue weighted by atomic mass is 9.83. The van der Waals surface area contributed by atoms with Crippen LogP contribution < -0.4 is 9.64 Å². The minimum Gasteiger partial charge on any atom is -0.493 e. The number of nitrogens with zero attached hydrogens (tertiary/aromatic N) is 2. The van der Waals surface area contributed by atoms with Gasteiger partial charge in [0.05, 0.1) is 23.2 Å². The maximum absolute atomic E-state index is 14.1. The third kappa shape index (κ3) is 4.76. The third-order valence-corrected chi connectivity index (χ3v) is 7.04. The Morgan fingerprint density at radius 1 is 1.00 bits per heavy atom. The van der Waals surface area contributed by atoms with E-state index in [4.69, 9.17) is 4.74 Å². The number of benzene rings is 3. The molecule has 1 aromatic heterocycles. The van der Waals surface area contributed by atoms with Gasteiger partial charge < -0.3 is 4.74 Å². The zero-order valence-electron chi connectivity index (χ0n) is 21.2. The Hall–Kier alpha value is -3.92. The van der Waals surface area contributed by atoms with Crippen LogP contribution in [-0.2, 0) is 4.79 Å². The van der Waals surface area contributed by atoms with E-state index in [9.17, 15) is 4.79 Å². The highest BCUT2D eigenvalue weighted by Gasteiger charge is 2.46. The molecule has 4 aromatic rings. The molecular formula is C32H32N2O2. The number of hydrogen-bond acceptors (Lipinski definition) is 3. The van der Waals surface area contributed by atoms with Crippen LogP contribution in [0.1, 0.15) is 42.9 Å². The van der Waals surface area contributed by atoms with Crippen molar-refractivity contribution < 1.29 is 9.53 Å². The number of hydrogen-bond donors (Lipinski definition) is 0. The molecule has 0 saturated carbocycles. The maximum atomic E-state index is 14.1. The highest BCUT2D eigenvalue weighted by Crippen LogP contribution is 2.46. The normalized spacial score (nSPS) is 18.8. The molecule has 0 radical (unpaired) electrons. The summed E-state index contributed by atoms with van der Waals surface area (Å²) in [5.41, 5.74) is 5.58. The predicted octanol–water partition coefficient (Wildman–Crippen LogP) is 7.49. The number of fused-ring (bicyclic) bond motifs is 1. The minimum absolute atomic E-state index is 0.120. The molecule has 4 nitrogen and oxygen atoms in total. The predicted molar refractivity (Wildman–Crippen MR) is 147 cm³/mol. The van der Waals surface area contributed by atoms with Gasteiger partial charge in [-0.2, -0.15) is 0 Å². The van der Waals surface area contributed by atoms with E-state index in [0.29, 0.717) is 13.0 Å². The van der Waals surface area contributed by atoms with Crippen LogP contribution in [0.2, 0.25) is 0 Å². The molecule has 5 rings (SSSR count). The average Bonchev–Trinajstić information content (AvgIpc) is 3.13. The van der Waals surface area contributed by atoms with Gasteiger partial charge in [-0.05, 0) is 67.7 Å². The van der Waals surface area contributed by atoms with Gasteiger partial charge in [-0.25, -0.2) is 0 Å². The Labute approximate surface area is 213 Å². The van der Waals surface area contributed by atoms with E-state index in [2.05, 4.69) is 62.2 Å². The van der Waals surface area contributed by atoms with E-state index >= 15 is 0 Å². The van der Waals surface area contributed by atoms with Crippen LogP contribution in [0, 0.1) is 19.3 Å². The van der Waals surface area contributed by atoms with E-state index < -0.39 is 5.41 Å². The van der Waals surface area contributed by atoms with Gasteiger partial charge in [0.2, 0.25) is 5.91 Å². The Morgan fingerprint density at radius 3 is 2.64 bits per heavy atom. The summed E-state index contributed by atoms with van der Waals surface area (Å²) in [5.74, 6) is 1.04. The van der Waals surface area contributed by atoms with Gasteiger partial charge in [0.25, 0.3) is 0 Å². The number of carbonyl (C=O) groups excluding carboxylic acids is 1. The van der Waals surface area contributed by atoms with Crippen molar-refractivity contribution in [2.75, 3.05) is 11.5 Å². The number of anilines is 1. The first-order chi connectivity index (χ1) is 17.4. The summed E-state index contributed by atoms with van der Waals surface area (Å²) in [7, 11) is 0. The van der Waals surface area contributed by atoms with Gasteiger partial charge >= 0.3 is 0 Å². The third-order valence-electron chi connectivity index (χ3n) is 7.04. The van der Waals surface area contributed by atoms with Crippen molar-refractivity contribution in [3.8, 4) is 5.75 Å². The second-order valence-corrected chi connectivity index (χ2v) is 10.00.